The molecule has 0 N–H and O–H groups in total. The van der Waals surface area contributed by atoms with Gasteiger partial charge in [0.1, 0.15) is 0 Å². The van der Waals surface area contributed by atoms with Crippen LogP contribution in [0.4, 0.5) is 0 Å². The van der Waals surface area contributed by atoms with Crippen LogP contribution in [0, 0.1) is 0 Å². The maximum atomic E-state index is 10.5. The van der Waals surface area contributed by atoms with Crippen molar-refractivity contribution in [2.75, 3.05) is 6.79 Å². The van der Waals surface area contributed by atoms with Crippen LogP contribution in [0.5, 0.6) is 11.5 Å². The lowest BCUT2D eigenvalue weighted by Gasteiger charge is -1.96. The number of benzene rings is 1. The molecule has 0 spiro atoms. The number of allylic oxidation sites excluding steroid dienone is 2. The van der Waals surface area contributed by atoms with E-state index in [1.807, 2.05) is 24.3 Å². The Kier molecular flexibility index (Phi) is 3.31. The van der Waals surface area contributed by atoms with Crippen molar-refractivity contribution in [3.8, 4) is 11.5 Å². The molecule has 1 aromatic rings. The molecule has 82 valence electrons. The van der Waals surface area contributed by atoms with Crippen LogP contribution in [0.15, 0.2) is 36.4 Å². The van der Waals surface area contributed by atoms with Crippen LogP contribution in [0.1, 0.15) is 5.56 Å². The number of fused-ring (bicyclic) bond motifs is 1. The predicted octanol–water partition coefficient (Wildman–Crippen LogP) is 2.44. The van der Waals surface area contributed by atoms with E-state index in [0.717, 1.165) is 17.1 Å². The summed E-state index contributed by atoms with van der Waals surface area (Å²) in [7, 11) is 0. The molecule has 2 rings (SSSR count). The third-order valence-electron chi connectivity index (χ3n) is 2.04. The highest BCUT2D eigenvalue weighted by Gasteiger charge is 2.11. The molecule has 1 aliphatic rings. The molecule has 4 heteroatoms. The minimum atomic E-state index is -0.268. The van der Waals surface area contributed by atoms with Crippen LogP contribution in [0.2, 0.25) is 0 Å². The van der Waals surface area contributed by atoms with Gasteiger partial charge in [0.25, 0.3) is 0 Å². The summed E-state index contributed by atoms with van der Waals surface area (Å²) in [6.45, 7) is 0.274. The molecule has 0 atom stereocenters. The molecule has 0 saturated carbocycles. The van der Waals surface area contributed by atoms with Gasteiger partial charge in [0, 0.05) is 0 Å². The summed E-state index contributed by atoms with van der Waals surface area (Å²) >= 11 is 3.62. The van der Waals surface area contributed by atoms with Gasteiger partial charge in [-0.3, -0.25) is 4.79 Å². The van der Waals surface area contributed by atoms with Crippen LogP contribution in [-0.2, 0) is 4.79 Å². The first-order valence-electron chi connectivity index (χ1n) is 4.73. The van der Waals surface area contributed by atoms with Crippen LogP contribution in [0.3, 0.4) is 0 Å². The Bertz CT molecular complexity index is 463. The standard InChI is InChI=1S/C12H10O3S/c13-12(16)4-2-1-3-9-5-6-10-11(7-9)15-8-14-10/h1-7H,8H2,(H,13,16)/b3-1+,4-2+. The molecule has 0 amide bonds. The molecule has 0 saturated heterocycles. The molecular formula is C12H10O3S. The molecule has 1 aliphatic heterocycles. The highest BCUT2D eigenvalue weighted by atomic mass is 32.1. The Morgan fingerprint density at radius 3 is 2.88 bits per heavy atom. The average Bonchev–Trinajstić information content (AvgIpc) is 2.71. The second kappa shape index (κ2) is 4.90. The molecule has 0 bridgehead atoms. The van der Waals surface area contributed by atoms with E-state index in [1.54, 1.807) is 12.2 Å². The summed E-state index contributed by atoms with van der Waals surface area (Å²) in [5.41, 5.74) is 0.987. The molecule has 0 fully saturated rings. The Morgan fingerprint density at radius 1 is 1.25 bits per heavy atom. The average molecular weight is 234 g/mol. The number of rotatable bonds is 3. The van der Waals surface area contributed by atoms with Gasteiger partial charge < -0.3 is 9.47 Å². The molecular weight excluding hydrogens is 224 g/mol. The second-order valence-electron chi connectivity index (χ2n) is 3.17. The van der Waals surface area contributed by atoms with Crippen molar-refractivity contribution in [3.05, 3.63) is 42.0 Å². The summed E-state index contributed by atoms with van der Waals surface area (Å²) in [6.07, 6.45) is 6.66. The summed E-state index contributed by atoms with van der Waals surface area (Å²) in [5.74, 6) is 1.51. The molecule has 1 heterocycles. The van der Waals surface area contributed by atoms with Crippen molar-refractivity contribution in [3.63, 3.8) is 0 Å². The van der Waals surface area contributed by atoms with Crippen molar-refractivity contribution in [1.82, 2.24) is 0 Å². The maximum Gasteiger partial charge on any atom is 0.231 e. The first kappa shape index (κ1) is 10.8. The summed E-state index contributed by atoms with van der Waals surface area (Å²) < 4.78 is 10.4. The van der Waals surface area contributed by atoms with Gasteiger partial charge in [-0.2, -0.15) is 0 Å². The lowest BCUT2D eigenvalue weighted by atomic mass is 10.2. The zero-order valence-electron chi connectivity index (χ0n) is 8.42. The summed E-state index contributed by atoms with van der Waals surface area (Å²) in [6, 6.07) is 5.66. The monoisotopic (exact) mass is 234 g/mol. The Balaban J connectivity index is 2.08. The molecule has 3 nitrogen and oxygen atoms in total. The van der Waals surface area contributed by atoms with Gasteiger partial charge >= 0.3 is 0 Å². The van der Waals surface area contributed by atoms with Gasteiger partial charge in [-0.1, -0.05) is 24.3 Å². The summed E-state index contributed by atoms with van der Waals surface area (Å²) in [4.78, 5) is 10.5. The number of hydrogen-bond acceptors (Lipinski definition) is 3. The van der Waals surface area contributed by atoms with E-state index in [0.29, 0.717) is 0 Å². The van der Waals surface area contributed by atoms with Gasteiger partial charge in [-0.05, 0) is 23.8 Å². The lowest BCUT2D eigenvalue weighted by Crippen LogP contribution is -1.92. The SMILES string of the molecule is O=C(S)/C=C/C=C/c1ccc2c(c1)OCO2. The first-order chi connectivity index (χ1) is 7.75. The van der Waals surface area contributed by atoms with Crippen LogP contribution in [0.25, 0.3) is 6.08 Å². The predicted molar refractivity (Wildman–Crippen MR) is 64.7 cm³/mol. The van der Waals surface area contributed by atoms with Gasteiger partial charge in [-0.15, -0.1) is 12.6 Å². The smallest absolute Gasteiger partial charge is 0.231 e. The summed E-state index contributed by atoms with van der Waals surface area (Å²) in [5, 5.41) is -0.268. The molecule has 0 radical (unpaired) electrons. The number of hydrogen-bond donors (Lipinski definition) is 1. The molecule has 0 aromatic heterocycles. The van der Waals surface area contributed by atoms with Crippen molar-refractivity contribution in [2.24, 2.45) is 0 Å². The van der Waals surface area contributed by atoms with Crippen LogP contribution < -0.4 is 9.47 Å². The van der Waals surface area contributed by atoms with Gasteiger partial charge in [-0.25, -0.2) is 0 Å². The zero-order valence-corrected chi connectivity index (χ0v) is 9.31. The Morgan fingerprint density at radius 2 is 2.06 bits per heavy atom. The van der Waals surface area contributed by atoms with E-state index in [4.69, 9.17) is 9.47 Å². The van der Waals surface area contributed by atoms with Gasteiger partial charge in [0.05, 0.1) is 0 Å². The van der Waals surface area contributed by atoms with Crippen LogP contribution in [-0.4, -0.2) is 11.9 Å². The Labute approximate surface area is 98.8 Å². The number of ether oxygens (including phenoxy) is 2. The molecule has 0 aliphatic carbocycles. The number of thiol groups is 1. The van der Waals surface area contributed by atoms with Crippen LogP contribution >= 0.6 is 12.6 Å². The zero-order chi connectivity index (χ0) is 11.4. The Hall–Kier alpha value is -1.68. The second-order valence-corrected chi connectivity index (χ2v) is 3.61. The minimum Gasteiger partial charge on any atom is -0.454 e. The molecule has 16 heavy (non-hydrogen) atoms. The highest BCUT2D eigenvalue weighted by Crippen LogP contribution is 2.32. The third-order valence-corrected chi connectivity index (χ3v) is 2.18. The van der Waals surface area contributed by atoms with E-state index < -0.39 is 0 Å². The fourth-order valence-corrected chi connectivity index (χ4v) is 1.41. The quantitative estimate of drug-likeness (QED) is 0.495. The lowest BCUT2D eigenvalue weighted by molar-refractivity contribution is -0.106. The normalized spacial score (nSPS) is 13.8. The van der Waals surface area contributed by atoms with Crippen molar-refractivity contribution >= 4 is 23.8 Å². The van der Waals surface area contributed by atoms with Gasteiger partial charge in [0.2, 0.25) is 11.9 Å². The van der Waals surface area contributed by atoms with Crippen molar-refractivity contribution in [1.29, 1.82) is 0 Å². The largest absolute Gasteiger partial charge is 0.454 e. The molecule has 0 unspecified atom stereocenters. The number of carbonyl (C=O) groups is 1. The highest BCUT2D eigenvalue weighted by molar-refractivity contribution is 7.97. The first-order valence-corrected chi connectivity index (χ1v) is 5.18. The maximum absolute atomic E-state index is 10.5. The van der Waals surface area contributed by atoms with Gasteiger partial charge in [0.15, 0.2) is 11.5 Å². The fraction of sp³-hybridized carbons (Fsp3) is 0.0833. The number of carbonyl (C=O) groups excluding carboxylic acids is 1. The van der Waals surface area contributed by atoms with E-state index in [-0.39, 0.29) is 11.9 Å². The fourth-order valence-electron chi connectivity index (χ4n) is 1.32. The van der Waals surface area contributed by atoms with E-state index in [9.17, 15) is 4.79 Å². The van der Waals surface area contributed by atoms with E-state index >= 15 is 0 Å². The third kappa shape index (κ3) is 2.67. The van der Waals surface area contributed by atoms with E-state index in [1.165, 1.54) is 6.08 Å². The minimum absolute atomic E-state index is 0.268. The molecule has 1 aromatic carbocycles. The van der Waals surface area contributed by atoms with Crippen molar-refractivity contribution < 1.29 is 14.3 Å². The topological polar surface area (TPSA) is 35.5 Å². The van der Waals surface area contributed by atoms with Crippen molar-refractivity contribution in [2.45, 2.75) is 0 Å². The van der Waals surface area contributed by atoms with E-state index in [2.05, 4.69) is 12.6 Å².